The summed E-state index contributed by atoms with van der Waals surface area (Å²) in [5, 5.41) is 0.715. The Balaban J connectivity index is 2.56. The first-order valence-corrected chi connectivity index (χ1v) is 8.61. The van der Waals surface area contributed by atoms with Crippen LogP contribution in [0, 0.1) is 0 Å². The molecule has 1 rings (SSSR count). The van der Waals surface area contributed by atoms with Gasteiger partial charge in [0.1, 0.15) is 5.60 Å². The molecular weight excluding hydrogens is 338 g/mol. The fourth-order valence-corrected chi connectivity index (χ4v) is 2.96. The second-order valence-electron chi connectivity index (χ2n) is 6.52. The van der Waals surface area contributed by atoms with E-state index in [1.807, 2.05) is 20.8 Å². The number of amides is 1. The van der Waals surface area contributed by atoms with Crippen molar-refractivity contribution in [2.75, 3.05) is 38.7 Å². The van der Waals surface area contributed by atoms with Crippen molar-refractivity contribution in [3.8, 4) is 0 Å². The molecule has 0 spiro atoms. The predicted octanol–water partition coefficient (Wildman–Crippen LogP) is 3.20. The molecular formula is C15H28BrNO4. The number of rotatable bonds is 6. The summed E-state index contributed by atoms with van der Waals surface area (Å²) in [6.45, 7) is 8.27. The van der Waals surface area contributed by atoms with E-state index in [-0.39, 0.29) is 11.7 Å². The Labute approximate surface area is 136 Å². The van der Waals surface area contributed by atoms with Gasteiger partial charge >= 0.3 is 6.09 Å². The van der Waals surface area contributed by atoms with Gasteiger partial charge in [-0.15, -0.1) is 0 Å². The standard InChI is InChI=1S/C15H28BrNO4/c1-14(2,3)21-13(18)17-8-5-7-15(11-16,12-17)20-10-6-9-19-4/h5-12H2,1-4H3. The smallest absolute Gasteiger partial charge is 0.410 e. The average Bonchev–Trinajstić information content (AvgIpc) is 2.42. The van der Waals surface area contributed by atoms with Crippen LogP contribution >= 0.6 is 15.9 Å². The van der Waals surface area contributed by atoms with Crippen molar-refractivity contribution < 1.29 is 19.0 Å². The molecule has 21 heavy (non-hydrogen) atoms. The topological polar surface area (TPSA) is 48.0 Å². The van der Waals surface area contributed by atoms with E-state index in [0.717, 1.165) is 25.8 Å². The molecule has 0 aromatic carbocycles. The summed E-state index contributed by atoms with van der Waals surface area (Å²) < 4.78 is 16.5. The Hall–Kier alpha value is -0.330. The minimum absolute atomic E-state index is 0.256. The largest absolute Gasteiger partial charge is 0.444 e. The lowest BCUT2D eigenvalue weighted by Crippen LogP contribution is -2.54. The van der Waals surface area contributed by atoms with Crippen LogP contribution in [0.15, 0.2) is 0 Å². The number of likely N-dealkylation sites (tertiary alicyclic amines) is 1. The molecule has 124 valence electrons. The molecule has 1 atom stereocenters. The second-order valence-corrected chi connectivity index (χ2v) is 7.08. The third kappa shape index (κ3) is 6.53. The van der Waals surface area contributed by atoms with E-state index in [1.54, 1.807) is 12.0 Å². The van der Waals surface area contributed by atoms with Crippen molar-refractivity contribution in [1.29, 1.82) is 0 Å². The SMILES string of the molecule is COCCCOC1(CBr)CCCN(C(=O)OC(C)(C)C)C1. The fraction of sp³-hybridized carbons (Fsp3) is 0.933. The minimum atomic E-state index is -0.467. The van der Waals surface area contributed by atoms with Crippen LogP contribution < -0.4 is 0 Å². The van der Waals surface area contributed by atoms with E-state index < -0.39 is 5.60 Å². The molecule has 0 saturated carbocycles. The van der Waals surface area contributed by atoms with E-state index in [2.05, 4.69) is 15.9 Å². The average molecular weight is 366 g/mol. The van der Waals surface area contributed by atoms with Crippen LogP contribution in [0.5, 0.6) is 0 Å². The molecule has 1 amide bonds. The van der Waals surface area contributed by atoms with Gasteiger partial charge in [-0.05, 0) is 40.0 Å². The molecule has 1 saturated heterocycles. The summed E-state index contributed by atoms with van der Waals surface area (Å²) >= 11 is 3.54. The molecule has 1 heterocycles. The molecule has 0 N–H and O–H groups in total. The Kier molecular flexibility index (Phi) is 7.44. The van der Waals surface area contributed by atoms with Crippen molar-refractivity contribution in [2.24, 2.45) is 0 Å². The van der Waals surface area contributed by atoms with Crippen LogP contribution in [0.1, 0.15) is 40.0 Å². The zero-order valence-electron chi connectivity index (χ0n) is 13.6. The van der Waals surface area contributed by atoms with Gasteiger partial charge in [-0.3, -0.25) is 0 Å². The van der Waals surface area contributed by atoms with Crippen molar-refractivity contribution in [3.05, 3.63) is 0 Å². The zero-order chi connectivity index (χ0) is 15.9. The fourth-order valence-electron chi connectivity index (χ4n) is 2.34. The summed E-state index contributed by atoms with van der Waals surface area (Å²) in [5.74, 6) is 0. The minimum Gasteiger partial charge on any atom is -0.444 e. The number of nitrogens with zero attached hydrogens (tertiary/aromatic N) is 1. The van der Waals surface area contributed by atoms with Crippen LogP contribution in [0.4, 0.5) is 4.79 Å². The number of carbonyl (C=O) groups excluding carboxylic acids is 1. The summed E-state index contributed by atoms with van der Waals surface area (Å²) in [6, 6.07) is 0. The molecule has 1 unspecified atom stereocenters. The zero-order valence-corrected chi connectivity index (χ0v) is 15.2. The molecule has 0 aromatic rings. The Bertz CT molecular complexity index is 332. The van der Waals surface area contributed by atoms with Crippen molar-refractivity contribution in [3.63, 3.8) is 0 Å². The van der Waals surface area contributed by atoms with Crippen LogP contribution in [-0.4, -0.2) is 60.9 Å². The monoisotopic (exact) mass is 365 g/mol. The van der Waals surface area contributed by atoms with Crippen molar-refractivity contribution in [2.45, 2.75) is 51.2 Å². The van der Waals surface area contributed by atoms with E-state index in [9.17, 15) is 4.79 Å². The number of halogens is 1. The van der Waals surface area contributed by atoms with E-state index >= 15 is 0 Å². The number of alkyl halides is 1. The van der Waals surface area contributed by atoms with E-state index in [0.29, 0.717) is 25.1 Å². The lowest BCUT2D eigenvalue weighted by atomic mass is 9.95. The Morgan fingerprint density at radius 1 is 1.33 bits per heavy atom. The van der Waals surface area contributed by atoms with Gasteiger partial charge < -0.3 is 19.1 Å². The number of piperidine rings is 1. The first kappa shape index (κ1) is 18.7. The normalized spacial score (nSPS) is 23.2. The molecule has 0 bridgehead atoms. The Morgan fingerprint density at radius 2 is 2.05 bits per heavy atom. The van der Waals surface area contributed by atoms with Gasteiger partial charge in [0.15, 0.2) is 0 Å². The first-order chi connectivity index (χ1) is 9.82. The highest BCUT2D eigenvalue weighted by Crippen LogP contribution is 2.28. The number of carbonyl (C=O) groups is 1. The van der Waals surface area contributed by atoms with Gasteiger partial charge in [-0.25, -0.2) is 4.79 Å². The summed E-state index contributed by atoms with van der Waals surface area (Å²) in [6.07, 6.45) is 2.48. The number of ether oxygens (including phenoxy) is 3. The maximum absolute atomic E-state index is 12.2. The molecule has 5 nitrogen and oxygen atoms in total. The molecule has 1 fully saturated rings. The quantitative estimate of drug-likeness (QED) is 0.535. The van der Waals surface area contributed by atoms with Crippen molar-refractivity contribution in [1.82, 2.24) is 4.90 Å². The van der Waals surface area contributed by atoms with Gasteiger partial charge in [0.05, 0.1) is 12.1 Å². The molecule has 0 aliphatic carbocycles. The Morgan fingerprint density at radius 3 is 2.62 bits per heavy atom. The highest BCUT2D eigenvalue weighted by Gasteiger charge is 2.38. The highest BCUT2D eigenvalue weighted by molar-refractivity contribution is 9.09. The van der Waals surface area contributed by atoms with Gasteiger partial charge in [0.2, 0.25) is 0 Å². The van der Waals surface area contributed by atoms with Gasteiger partial charge in [-0.2, -0.15) is 0 Å². The summed E-state index contributed by atoms with van der Waals surface area (Å²) in [5.41, 5.74) is -0.784. The van der Waals surface area contributed by atoms with Crippen LogP contribution in [0.25, 0.3) is 0 Å². The van der Waals surface area contributed by atoms with E-state index in [4.69, 9.17) is 14.2 Å². The third-order valence-corrected chi connectivity index (χ3v) is 4.36. The number of methoxy groups -OCH3 is 1. The highest BCUT2D eigenvalue weighted by atomic mass is 79.9. The van der Waals surface area contributed by atoms with Crippen molar-refractivity contribution >= 4 is 22.0 Å². The summed E-state index contributed by atoms with van der Waals surface area (Å²) in [7, 11) is 1.69. The molecule has 0 aromatic heterocycles. The predicted molar refractivity (Wildman–Crippen MR) is 86.0 cm³/mol. The molecule has 1 aliphatic heterocycles. The van der Waals surface area contributed by atoms with Crippen LogP contribution in [-0.2, 0) is 14.2 Å². The lowest BCUT2D eigenvalue weighted by molar-refractivity contribution is -0.0792. The maximum Gasteiger partial charge on any atom is 0.410 e. The number of hydrogen-bond acceptors (Lipinski definition) is 4. The molecule has 6 heteroatoms. The number of hydrogen-bond donors (Lipinski definition) is 0. The van der Waals surface area contributed by atoms with Gasteiger partial charge in [-0.1, -0.05) is 15.9 Å². The summed E-state index contributed by atoms with van der Waals surface area (Å²) in [4.78, 5) is 14.0. The van der Waals surface area contributed by atoms with Gasteiger partial charge in [0.25, 0.3) is 0 Å². The molecule has 0 radical (unpaired) electrons. The third-order valence-electron chi connectivity index (χ3n) is 3.34. The van der Waals surface area contributed by atoms with Gasteiger partial charge in [0, 0.05) is 32.2 Å². The van der Waals surface area contributed by atoms with Crippen LogP contribution in [0.3, 0.4) is 0 Å². The lowest BCUT2D eigenvalue weighted by Gasteiger charge is -2.42. The van der Waals surface area contributed by atoms with Crippen LogP contribution in [0.2, 0.25) is 0 Å². The second kappa shape index (κ2) is 8.34. The van der Waals surface area contributed by atoms with E-state index in [1.165, 1.54) is 0 Å². The first-order valence-electron chi connectivity index (χ1n) is 7.49. The maximum atomic E-state index is 12.2. The molecule has 1 aliphatic rings.